The number of likely N-dealkylation sites (tertiary alicyclic amines) is 1. The Labute approximate surface area is 190 Å². The SMILES string of the molecule is Cc1ccc(NC2(C)CCN(C(=O)[C@H](NC(=O)c3cccc(C)c3F)C(C)C)CC2)cc1. The fourth-order valence-electron chi connectivity index (χ4n) is 4.08. The summed E-state index contributed by atoms with van der Waals surface area (Å²) < 4.78 is 14.4. The van der Waals surface area contributed by atoms with Crippen molar-refractivity contribution in [2.45, 2.75) is 59.0 Å². The number of piperidine rings is 1. The molecule has 2 N–H and O–H groups in total. The van der Waals surface area contributed by atoms with Gasteiger partial charge in [0.05, 0.1) is 5.56 Å². The highest BCUT2D eigenvalue weighted by Crippen LogP contribution is 2.27. The first-order chi connectivity index (χ1) is 15.1. The number of hydrogen-bond acceptors (Lipinski definition) is 3. The number of carbonyl (C=O) groups excluding carboxylic acids is 2. The molecule has 1 aliphatic rings. The Morgan fingerprint density at radius 1 is 1.03 bits per heavy atom. The largest absolute Gasteiger partial charge is 0.380 e. The van der Waals surface area contributed by atoms with Crippen molar-refractivity contribution in [1.29, 1.82) is 0 Å². The van der Waals surface area contributed by atoms with Gasteiger partial charge in [0.15, 0.2) is 0 Å². The molecule has 1 heterocycles. The maximum atomic E-state index is 14.4. The van der Waals surface area contributed by atoms with Gasteiger partial charge in [0, 0.05) is 24.3 Å². The lowest BCUT2D eigenvalue weighted by Gasteiger charge is -2.42. The molecule has 1 saturated heterocycles. The summed E-state index contributed by atoms with van der Waals surface area (Å²) in [4.78, 5) is 27.8. The smallest absolute Gasteiger partial charge is 0.254 e. The molecule has 2 aromatic rings. The predicted molar refractivity (Wildman–Crippen MR) is 126 cm³/mol. The summed E-state index contributed by atoms with van der Waals surface area (Å²) in [6, 6.07) is 12.3. The number of amides is 2. The molecule has 0 radical (unpaired) electrons. The summed E-state index contributed by atoms with van der Waals surface area (Å²) in [6.45, 7) is 10.8. The second kappa shape index (κ2) is 9.72. The van der Waals surface area contributed by atoms with Gasteiger partial charge in [0.1, 0.15) is 11.9 Å². The first-order valence-corrected chi connectivity index (χ1v) is 11.3. The van der Waals surface area contributed by atoms with Gasteiger partial charge in [-0.3, -0.25) is 9.59 Å². The second-order valence-corrected chi connectivity index (χ2v) is 9.51. The molecule has 0 bridgehead atoms. The van der Waals surface area contributed by atoms with Crippen molar-refractivity contribution in [3.8, 4) is 0 Å². The van der Waals surface area contributed by atoms with E-state index >= 15 is 0 Å². The number of rotatable bonds is 6. The third-order valence-electron chi connectivity index (χ3n) is 6.33. The molecule has 0 aliphatic carbocycles. The average molecular weight is 440 g/mol. The fourth-order valence-corrected chi connectivity index (χ4v) is 4.08. The van der Waals surface area contributed by atoms with Crippen LogP contribution in [0.4, 0.5) is 10.1 Å². The summed E-state index contributed by atoms with van der Waals surface area (Å²) >= 11 is 0. The van der Waals surface area contributed by atoms with Crippen molar-refractivity contribution < 1.29 is 14.0 Å². The van der Waals surface area contributed by atoms with Crippen molar-refractivity contribution in [1.82, 2.24) is 10.2 Å². The first kappa shape index (κ1) is 23.8. The molecule has 0 unspecified atom stereocenters. The fraction of sp³-hybridized carbons (Fsp3) is 0.462. The van der Waals surface area contributed by atoms with Crippen LogP contribution < -0.4 is 10.6 Å². The number of hydrogen-bond donors (Lipinski definition) is 2. The maximum absolute atomic E-state index is 14.4. The number of nitrogens with zero attached hydrogens (tertiary/aromatic N) is 1. The Bertz CT molecular complexity index is 964. The minimum absolute atomic E-state index is 0.0306. The Morgan fingerprint density at radius 2 is 1.66 bits per heavy atom. The molecule has 6 heteroatoms. The van der Waals surface area contributed by atoms with Crippen LogP contribution in [0.5, 0.6) is 0 Å². The van der Waals surface area contributed by atoms with E-state index in [4.69, 9.17) is 0 Å². The van der Waals surface area contributed by atoms with E-state index in [1.54, 1.807) is 19.1 Å². The van der Waals surface area contributed by atoms with Gasteiger partial charge in [0.2, 0.25) is 5.91 Å². The van der Waals surface area contributed by atoms with Crippen LogP contribution in [0.1, 0.15) is 55.1 Å². The van der Waals surface area contributed by atoms with Crippen LogP contribution in [0.25, 0.3) is 0 Å². The van der Waals surface area contributed by atoms with E-state index in [-0.39, 0.29) is 22.9 Å². The lowest BCUT2D eigenvalue weighted by molar-refractivity contribution is -0.135. The lowest BCUT2D eigenvalue weighted by Crippen LogP contribution is -2.56. The van der Waals surface area contributed by atoms with E-state index in [0.29, 0.717) is 18.7 Å². The van der Waals surface area contributed by atoms with Gasteiger partial charge in [-0.25, -0.2) is 4.39 Å². The van der Waals surface area contributed by atoms with Crippen molar-refractivity contribution >= 4 is 17.5 Å². The van der Waals surface area contributed by atoms with Crippen molar-refractivity contribution in [2.24, 2.45) is 5.92 Å². The van der Waals surface area contributed by atoms with E-state index in [1.807, 2.05) is 18.7 Å². The second-order valence-electron chi connectivity index (χ2n) is 9.51. The highest BCUT2D eigenvalue weighted by Gasteiger charge is 2.36. The normalized spacial score (nSPS) is 16.5. The van der Waals surface area contributed by atoms with Gasteiger partial charge in [-0.05, 0) is 63.3 Å². The van der Waals surface area contributed by atoms with Crippen LogP contribution in [-0.2, 0) is 4.79 Å². The number of anilines is 1. The minimum Gasteiger partial charge on any atom is -0.380 e. The standard InChI is InChI=1S/C26H34FN3O2/c1-17(2)23(28-24(31)21-8-6-7-19(4)22(21)27)25(32)30-15-13-26(5,14-16-30)29-20-11-9-18(3)10-12-20/h6-12,17,23,29H,13-16H2,1-5H3,(H,28,31)/t23-/m1/s1. The van der Waals surface area contributed by atoms with Gasteiger partial charge >= 0.3 is 0 Å². The summed E-state index contributed by atoms with van der Waals surface area (Å²) in [5, 5.41) is 6.39. The number of halogens is 1. The zero-order valence-corrected chi connectivity index (χ0v) is 19.7. The molecule has 1 atom stereocenters. The lowest BCUT2D eigenvalue weighted by atomic mass is 9.88. The molecule has 2 aromatic carbocycles. The average Bonchev–Trinajstić information content (AvgIpc) is 2.75. The maximum Gasteiger partial charge on any atom is 0.254 e. The molecule has 0 spiro atoms. The van der Waals surface area contributed by atoms with Gasteiger partial charge < -0.3 is 15.5 Å². The van der Waals surface area contributed by atoms with Crippen LogP contribution in [0.3, 0.4) is 0 Å². The molecule has 5 nitrogen and oxygen atoms in total. The zero-order chi connectivity index (χ0) is 23.5. The molecule has 0 aromatic heterocycles. The third kappa shape index (κ3) is 5.47. The van der Waals surface area contributed by atoms with E-state index in [0.717, 1.165) is 18.5 Å². The van der Waals surface area contributed by atoms with Crippen LogP contribution in [0, 0.1) is 25.6 Å². The molecular weight excluding hydrogens is 405 g/mol. The third-order valence-corrected chi connectivity index (χ3v) is 6.33. The number of nitrogens with one attached hydrogen (secondary N) is 2. The quantitative estimate of drug-likeness (QED) is 0.686. The van der Waals surface area contributed by atoms with Crippen LogP contribution in [0.2, 0.25) is 0 Å². The van der Waals surface area contributed by atoms with E-state index in [2.05, 4.69) is 48.7 Å². The molecule has 3 rings (SSSR count). The van der Waals surface area contributed by atoms with Crippen molar-refractivity contribution in [3.63, 3.8) is 0 Å². The molecule has 1 aliphatic heterocycles. The minimum atomic E-state index is -0.697. The van der Waals surface area contributed by atoms with E-state index < -0.39 is 17.8 Å². The number of aryl methyl sites for hydroxylation is 2. The van der Waals surface area contributed by atoms with Crippen LogP contribution in [-0.4, -0.2) is 41.4 Å². The first-order valence-electron chi connectivity index (χ1n) is 11.3. The monoisotopic (exact) mass is 439 g/mol. The Hall–Kier alpha value is -2.89. The molecule has 2 amide bonds. The topological polar surface area (TPSA) is 61.4 Å². The molecule has 0 saturated carbocycles. The van der Waals surface area contributed by atoms with Gasteiger partial charge in [-0.15, -0.1) is 0 Å². The molecule has 172 valence electrons. The number of carbonyl (C=O) groups is 2. The van der Waals surface area contributed by atoms with Crippen LogP contribution in [0.15, 0.2) is 42.5 Å². The van der Waals surface area contributed by atoms with Crippen LogP contribution >= 0.6 is 0 Å². The van der Waals surface area contributed by atoms with Gasteiger partial charge in [0.25, 0.3) is 5.91 Å². The van der Waals surface area contributed by atoms with E-state index in [1.165, 1.54) is 11.6 Å². The highest BCUT2D eigenvalue weighted by molar-refractivity contribution is 5.98. The highest BCUT2D eigenvalue weighted by atomic mass is 19.1. The van der Waals surface area contributed by atoms with Crippen molar-refractivity contribution in [2.75, 3.05) is 18.4 Å². The molecule has 1 fully saturated rings. The summed E-state index contributed by atoms with van der Waals surface area (Å²) in [7, 11) is 0. The molecular formula is C26H34FN3O2. The van der Waals surface area contributed by atoms with Gasteiger partial charge in [-0.1, -0.05) is 43.7 Å². The van der Waals surface area contributed by atoms with Gasteiger partial charge in [-0.2, -0.15) is 0 Å². The zero-order valence-electron chi connectivity index (χ0n) is 19.7. The summed E-state index contributed by atoms with van der Waals surface area (Å²) in [5.74, 6) is -1.32. The summed E-state index contributed by atoms with van der Waals surface area (Å²) in [6.07, 6.45) is 1.61. The van der Waals surface area contributed by atoms with E-state index in [9.17, 15) is 14.0 Å². The Kier molecular flexibility index (Phi) is 7.22. The summed E-state index contributed by atoms with van der Waals surface area (Å²) in [5.41, 5.74) is 2.56. The Morgan fingerprint density at radius 3 is 2.25 bits per heavy atom. The number of benzene rings is 2. The Balaban J connectivity index is 1.64. The molecule has 32 heavy (non-hydrogen) atoms. The van der Waals surface area contributed by atoms with Crippen molar-refractivity contribution in [3.05, 3.63) is 65.0 Å². The predicted octanol–water partition coefficient (Wildman–Crippen LogP) is 4.69.